The van der Waals surface area contributed by atoms with E-state index >= 15 is 0 Å². The number of rotatable bonds is 3. The molecule has 0 saturated heterocycles. The zero-order chi connectivity index (χ0) is 21.4. The number of hydrogen-bond donors (Lipinski definition) is 1. The minimum absolute atomic E-state index is 0.0588. The zero-order valence-corrected chi connectivity index (χ0v) is 16.4. The number of nitrogens with zero attached hydrogens (tertiary/aromatic N) is 2. The van der Waals surface area contributed by atoms with Gasteiger partial charge in [0.25, 0.3) is 5.69 Å². The van der Waals surface area contributed by atoms with E-state index in [9.17, 15) is 20.2 Å². The van der Waals surface area contributed by atoms with Gasteiger partial charge in [-0.25, -0.2) is 0 Å². The monoisotopic (exact) mass is 421 g/mol. The van der Waals surface area contributed by atoms with Crippen molar-refractivity contribution < 1.29 is 14.5 Å². The van der Waals surface area contributed by atoms with Crippen molar-refractivity contribution in [2.75, 3.05) is 0 Å². The minimum atomic E-state index is -1.04. The summed E-state index contributed by atoms with van der Waals surface area (Å²) < 4.78 is 5.69. The molecule has 1 aliphatic heterocycles. The highest BCUT2D eigenvalue weighted by molar-refractivity contribution is 6.32. The van der Waals surface area contributed by atoms with E-state index in [1.807, 2.05) is 36.4 Å². The largest absolute Gasteiger partial charge is 0.444 e. The number of nitro benzene ring substituents is 1. The summed E-state index contributed by atoms with van der Waals surface area (Å²) in [7, 11) is 0. The second-order valence-electron chi connectivity index (χ2n) is 7.13. The van der Waals surface area contributed by atoms with E-state index in [0.717, 1.165) is 5.56 Å². The van der Waals surface area contributed by atoms with E-state index < -0.39 is 10.8 Å². The van der Waals surface area contributed by atoms with Crippen LogP contribution < -0.4 is 5.73 Å². The number of ketones is 1. The first-order chi connectivity index (χ1) is 14.4. The molecule has 4 rings (SSSR count). The molecular formula is C22H16ClN3O4. The first kappa shape index (κ1) is 19.7. The Balaban J connectivity index is 1.89. The average Bonchev–Trinajstić information content (AvgIpc) is 2.73. The summed E-state index contributed by atoms with van der Waals surface area (Å²) in [5, 5.41) is 21.4. The van der Waals surface area contributed by atoms with Crippen molar-refractivity contribution in [3.63, 3.8) is 0 Å². The van der Waals surface area contributed by atoms with Crippen molar-refractivity contribution in [1.29, 1.82) is 5.26 Å². The second-order valence-corrected chi connectivity index (χ2v) is 7.54. The Hall–Kier alpha value is -3.63. The molecule has 2 N–H and O–H groups in total. The minimum Gasteiger partial charge on any atom is -0.444 e. The summed E-state index contributed by atoms with van der Waals surface area (Å²) in [6, 6.07) is 15.7. The first-order valence-corrected chi connectivity index (χ1v) is 9.61. The molecule has 0 aromatic heterocycles. The van der Waals surface area contributed by atoms with Crippen LogP contribution >= 0.6 is 11.6 Å². The quantitative estimate of drug-likeness (QED) is 0.577. The Labute approximate surface area is 177 Å². The van der Waals surface area contributed by atoms with Crippen LogP contribution in [0.4, 0.5) is 5.69 Å². The lowest BCUT2D eigenvalue weighted by Crippen LogP contribution is -2.30. The van der Waals surface area contributed by atoms with Crippen molar-refractivity contribution in [2.24, 2.45) is 5.73 Å². The predicted octanol–water partition coefficient (Wildman–Crippen LogP) is 4.46. The maximum atomic E-state index is 13.2. The van der Waals surface area contributed by atoms with Crippen LogP contribution in [0.3, 0.4) is 0 Å². The van der Waals surface area contributed by atoms with E-state index in [4.69, 9.17) is 22.1 Å². The smallest absolute Gasteiger partial charge is 0.275 e. The van der Waals surface area contributed by atoms with Crippen LogP contribution in [0, 0.1) is 21.4 Å². The number of hydrogen-bond acceptors (Lipinski definition) is 6. The van der Waals surface area contributed by atoms with Crippen molar-refractivity contribution in [3.8, 4) is 6.07 Å². The topological polar surface area (TPSA) is 119 Å². The van der Waals surface area contributed by atoms with Crippen LogP contribution in [0.25, 0.3) is 0 Å². The van der Waals surface area contributed by atoms with E-state index in [2.05, 4.69) is 0 Å². The van der Waals surface area contributed by atoms with E-state index in [0.29, 0.717) is 12.2 Å². The summed E-state index contributed by atoms with van der Waals surface area (Å²) in [6.45, 7) is 0. The Morgan fingerprint density at radius 2 is 1.90 bits per heavy atom. The highest BCUT2D eigenvalue weighted by Crippen LogP contribution is 2.50. The molecule has 2 atom stereocenters. The molecule has 8 heteroatoms. The van der Waals surface area contributed by atoms with Crippen LogP contribution in [0.5, 0.6) is 0 Å². The van der Waals surface area contributed by atoms with Gasteiger partial charge in [0.2, 0.25) is 5.88 Å². The molecule has 2 unspecified atom stereocenters. The summed E-state index contributed by atoms with van der Waals surface area (Å²) in [6.07, 6.45) is 0.582. The summed E-state index contributed by atoms with van der Waals surface area (Å²) in [5.41, 5.74) is 6.94. The number of allylic oxidation sites excluding steroid dienone is 3. The van der Waals surface area contributed by atoms with Gasteiger partial charge >= 0.3 is 0 Å². The Morgan fingerprint density at radius 1 is 1.17 bits per heavy atom. The van der Waals surface area contributed by atoms with Crippen LogP contribution in [-0.2, 0) is 9.53 Å². The Bertz CT molecular complexity index is 1160. The van der Waals surface area contributed by atoms with Gasteiger partial charge in [-0.2, -0.15) is 5.26 Å². The van der Waals surface area contributed by atoms with Gasteiger partial charge < -0.3 is 10.5 Å². The molecule has 0 amide bonds. The molecule has 0 saturated carbocycles. The first-order valence-electron chi connectivity index (χ1n) is 9.24. The van der Waals surface area contributed by atoms with Gasteiger partial charge in [-0.3, -0.25) is 14.9 Å². The lowest BCUT2D eigenvalue weighted by molar-refractivity contribution is -0.385. The normalized spacial score (nSPS) is 21.0. The number of carbonyl (C=O) groups is 1. The fourth-order valence-electron chi connectivity index (χ4n) is 4.13. The molecular weight excluding hydrogens is 406 g/mol. The van der Waals surface area contributed by atoms with E-state index in [1.165, 1.54) is 18.2 Å². The van der Waals surface area contributed by atoms with Gasteiger partial charge in [-0.15, -0.1) is 0 Å². The van der Waals surface area contributed by atoms with Crippen molar-refractivity contribution >= 4 is 23.1 Å². The van der Waals surface area contributed by atoms with Gasteiger partial charge in [-0.1, -0.05) is 48.0 Å². The summed E-state index contributed by atoms with van der Waals surface area (Å²) >= 11 is 6.33. The summed E-state index contributed by atoms with van der Waals surface area (Å²) in [5.74, 6) is -1.25. The zero-order valence-electron chi connectivity index (χ0n) is 15.7. The number of halogens is 1. The van der Waals surface area contributed by atoms with E-state index in [-0.39, 0.29) is 51.4 Å². The Morgan fingerprint density at radius 3 is 2.57 bits per heavy atom. The molecule has 2 aromatic carbocycles. The van der Waals surface area contributed by atoms with E-state index in [1.54, 1.807) is 0 Å². The summed E-state index contributed by atoms with van der Waals surface area (Å²) in [4.78, 5) is 24.3. The highest BCUT2D eigenvalue weighted by atomic mass is 35.5. The molecule has 1 aliphatic carbocycles. The van der Waals surface area contributed by atoms with Gasteiger partial charge in [0, 0.05) is 24.5 Å². The van der Waals surface area contributed by atoms with Crippen LogP contribution in [0.15, 0.2) is 71.3 Å². The molecule has 30 heavy (non-hydrogen) atoms. The average molecular weight is 422 g/mol. The molecule has 0 bridgehead atoms. The predicted molar refractivity (Wildman–Crippen MR) is 109 cm³/mol. The van der Waals surface area contributed by atoms with Gasteiger partial charge in [0.1, 0.15) is 17.4 Å². The number of nitro groups is 1. The van der Waals surface area contributed by atoms with Gasteiger partial charge in [0.05, 0.1) is 21.4 Å². The molecule has 2 aromatic rings. The molecule has 0 radical (unpaired) electrons. The number of nitrogens with two attached hydrogens (primary N) is 1. The number of carbonyl (C=O) groups excluding carboxylic acids is 1. The van der Waals surface area contributed by atoms with Crippen molar-refractivity contribution in [1.82, 2.24) is 0 Å². The molecule has 1 heterocycles. The number of Topliss-reactive ketones (excluding diaryl/α,β-unsaturated/α-hetero) is 1. The number of ether oxygens (including phenoxy) is 1. The Kier molecular flexibility index (Phi) is 5.02. The highest BCUT2D eigenvalue weighted by Gasteiger charge is 2.43. The molecule has 0 spiro atoms. The molecule has 7 nitrogen and oxygen atoms in total. The van der Waals surface area contributed by atoms with Crippen molar-refractivity contribution in [2.45, 2.75) is 24.7 Å². The third kappa shape index (κ3) is 3.21. The van der Waals surface area contributed by atoms with Crippen molar-refractivity contribution in [3.05, 3.63) is 97.6 Å². The lowest BCUT2D eigenvalue weighted by atomic mass is 9.73. The van der Waals surface area contributed by atoms with Gasteiger partial charge in [0.15, 0.2) is 5.78 Å². The van der Waals surface area contributed by atoms with Crippen LogP contribution in [0.1, 0.15) is 35.8 Å². The standard InChI is InChI=1S/C22H16ClN3O4/c23-15-7-4-8-16(26(28)29)20(15)19-14(11-24)22(25)30-18-10-13(9-17(27)21(18)19)12-5-2-1-3-6-12/h1-8,13,19H,9-10,25H2. The molecule has 0 fully saturated rings. The lowest BCUT2D eigenvalue weighted by Gasteiger charge is -2.34. The SMILES string of the molecule is N#CC1=C(N)OC2=C(C(=O)CC(c3ccccc3)C2)C1c1c(Cl)cccc1[N+](=O)[O-]. The fraction of sp³-hybridized carbons (Fsp3) is 0.182. The maximum Gasteiger partial charge on any atom is 0.275 e. The molecule has 2 aliphatic rings. The van der Waals surface area contributed by atoms with Gasteiger partial charge in [-0.05, 0) is 17.5 Å². The maximum absolute atomic E-state index is 13.2. The second kappa shape index (κ2) is 7.65. The fourth-order valence-corrected chi connectivity index (χ4v) is 4.41. The van der Waals surface area contributed by atoms with Crippen LogP contribution in [-0.4, -0.2) is 10.7 Å². The number of benzene rings is 2. The third-order valence-corrected chi connectivity index (χ3v) is 5.78. The van der Waals surface area contributed by atoms with Crippen LogP contribution in [0.2, 0.25) is 5.02 Å². The molecule has 150 valence electrons. The third-order valence-electron chi connectivity index (χ3n) is 5.45. The number of nitriles is 1.